The summed E-state index contributed by atoms with van der Waals surface area (Å²) in [4.78, 5) is 0. The minimum atomic E-state index is 0.0936. The Hall–Kier alpha value is -0.120. The largest absolute Gasteiger partial charge is 0.376 e. The van der Waals surface area contributed by atoms with Crippen molar-refractivity contribution < 1.29 is 9.47 Å². The summed E-state index contributed by atoms with van der Waals surface area (Å²) in [5.41, 5.74) is 0.0936. The number of hydrogen-bond donors (Lipinski definition) is 1. The summed E-state index contributed by atoms with van der Waals surface area (Å²) in [5, 5.41) is 3.41. The molecule has 1 aliphatic rings. The molecule has 0 aromatic heterocycles. The second kappa shape index (κ2) is 7.25. The fourth-order valence-electron chi connectivity index (χ4n) is 2.29. The number of nitrogens with one attached hydrogen (secondary N) is 1. The first-order chi connectivity index (χ1) is 7.68. The quantitative estimate of drug-likeness (QED) is 0.648. The summed E-state index contributed by atoms with van der Waals surface area (Å²) in [7, 11) is 0. The number of rotatable bonds is 8. The van der Waals surface area contributed by atoms with Crippen LogP contribution in [0.25, 0.3) is 0 Å². The van der Waals surface area contributed by atoms with Gasteiger partial charge in [-0.2, -0.15) is 0 Å². The van der Waals surface area contributed by atoms with E-state index in [4.69, 9.17) is 9.47 Å². The molecular formula is C13H27NO2. The van der Waals surface area contributed by atoms with Crippen LogP contribution in [0.5, 0.6) is 0 Å². The molecule has 0 saturated heterocycles. The molecule has 0 aromatic rings. The summed E-state index contributed by atoms with van der Waals surface area (Å²) in [5.74, 6) is 0. The summed E-state index contributed by atoms with van der Waals surface area (Å²) in [6.45, 7) is 9.71. The van der Waals surface area contributed by atoms with E-state index in [-0.39, 0.29) is 5.60 Å². The zero-order valence-electron chi connectivity index (χ0n) is 11.1. The van der Waals surface area contributed by atoms with E-state index in [1.807, 2.05) is 0 Å². The van der Waals surface area contributed by atoms with Gasteiger partial charge >= 0.3 is 0 Å². The minimum Gasteiger partial charge on any atom is -0.376 e. The molecule has 0 radical (unpaired) electrons. The second-order valence-electron chi connectivity index (χ2n) is 4.94. The van der Waals surface area contributed by atoms with Gasteiger partial charge in [0.25, 0.3) is 0 Å². The first-order valence-corrected chi connectivity index (χ1v) is 6.65. The Morgan fingerprint density at radius 2 is 1.88 bits per heavy atom. The van der Waals surface area contributed by atoms with Gasteiger partial charge in [0.2, 0.25) is 0 Å². The van der Waals surface area contributed by atoms with E-state index in [9.17, 15) is 0 Å². The van der Waals surface area contributed by atoms with Gasteiger partial charge in [-0.25, -0.2) is 0 Å². The molecule has 0 atom stereocenters. The zero-order chi connectivity index (χ0) is 11.9. The second-order valence-corrected chi connectivity index (χ2v) is 4.94. The summed E-state index contributed by atoms with van der Waals surface area (Å²) in [6.07, 6.45) is 5.30. The summed E-state index contributed by atoms with van der Waals surface area (Å²) >= 11 is 0. The van der Waals surface area contributed by atoms with Gasteiger partial charge in [0.15, 0.2) is 0 Å². The molecule has 1 rings (SSSR count). The first-order valence-electron chi connectivity index (χ1n) is 6.65. The van der Waals surface area contributed by atoms with Crippen molar-refractivity contribution in [2.24, 2.45) is 0 Å². The lowest BCUT2D eigenvalue weighted by Crippen LogP contribution is -2.41. The Kier molecular flexibility index (Phi) is 6.32. The molecule has 0 heterocycles. The van der Waals surface area contributed by atoms with Crippen LogP contribution in [0.3, 0.4) is 0 Å². The molecule has 0 amide bonds. The highest BCUT2D eigenvalue weighted by molar-refractivity contribution is 4.88. The number of hydrogen-bond acceptors (Lipinski definition) is 3. The van der Waals surface area contributed by atoms with E-state index in [2.05, 4.69) is 26.1 Å². The van der Waals surface area contributed by atoms with Crippen LogP contribution in [0.4, 0.5) is 0 Å². The minimum absolute atomic E-state index is 0.0936. The third-order valence-corrected chi connectivity index (χ3v) is 3.15. The van der Waals surface area contributed by atoms with E-state index in [0.717, 1.165) is 19.7 Å². The van der Waals surface area contributed by atoms with E-state index >= 15 is 0 Å². The lowest BCUT2D eigenvalue weighted by Gasteiger charge is -2.29. The number of ether oxygens (including phenoxy) is 2. The SMILES string of the molecule is CCNCC1(OCCOC(C)C)CCCC1. The van der Waals surface area contributed by atoms with Gasteiger partial charge in [-0.1, -0.05) is 19.8 Å². The van der Waals surface area contributed by atoms with Gasteiger partial charge < -0.3 is 14.8 Å². The van der Waals surface area contributed by atoms with Gasteiger partial charge in [0, 0.05) is 6.54 Å². The van der Waals surface area contributed by atoms with Crippen molar-refractivity contribution in [3.63, 3.8) is 0 Å². The van der Waals surface area contributed by atoms with Crippen LogP contribution in [0.15, 0.2) is 0 Å². The third kappa shape index (κ3) is 4.81. The fourth-order valence-corrected chi connectivity index (χ4v) is 2.29. The highest BCUT2D eigenvalue weighted by Crippen LogP contribution is 2.32. The summed E-state index contributed by atoms with van der Waals surface area (Å²) < 4.78 is 11.6. The lowest BCUT2D eigenvalue weighted by molar-refractivity contribution is -0.0698. The maximum absolute atomic E-state index is 6.06. The van der Waals surface area contributed by atoms with Crippen LogP contribution in [-0.4, -0.2) is 38.0 Å². The standard InChI is InChI=1S/C13H27NO2/c1-4-14-11-13(7-5-6-8-13)16-10-9-15-12(2)3/h12,14H,4-11H2,1-3H3. The van der Waals surface area contributed by atoms with Gasteiger partial charge in [-0.3, -0.25) is 0 Å². The van der Waals surface area contributed by atoms with Crippen molar-refractivity contribution in [1.29, 1.82) is 0 Å². The molecule has 0 aliphatic heterocycles. The predicted molar refractivity (Wildman–Crippen MR) is 66.8 cm³/mol. The van der Waals surface area contributed by atoms with Gasteiger partial charge in [0.1, 0.15) is 0 Å². The Morgan fingerprint density at radius 1 is 1.19 bits per heavy atom. The molecule has 1 aliphatic carbocycles. The summed E-state index contributed by atoms with van der Waals surface area (Å²) in [6, 6.07) is 0. The van der Waals surface area contributed by atoms with Crippen LogP contribution < -0.4 is 5.32 Å². The van der Waals surface area contributed by atoms with Crippen LogP contribution in [0.2, 0.25) is 0 Å². The van der Waals surface area contributed by atoms with E-state index in [1.165, 1.54) is 25.7 Å². The van der Waals surface area contributed by atoms with Crippen molar-refractivity contribution in [3.8, 4) is 0 Å². The van der Waals surface area contributed by atoms with Gasteiger partial charge in [-0.15, -0.1) is 0 Å². The van der Waals surface area contributed by atoms with Gasteiger partial charge in [-0.05, 0) is 33.2 Å². The van der Waals surface area contributed by atoms with Crippen molar-refractivity contribution in [3.05, 3.63) is 0 Å². The van der Waals surface area contributed by atoms with E-state index in [0.29, 0.717) is 12.7 Å². The van der Waals surface area contributed by atoms with Gasteiger partial charge in [0.05, 0.1) is 24.9 Å². The average molecular weight is 229 g/mol. The first kappa shape index (κ1) is 13.9. The van der Waals surface area contributed by atoms with Crippen LogP contribution in [0.1, 0.15) is 46.5 Å². The maximum atomic E-state index is 6.06. The molecule has 1 saturated carbocycles. The maximum Gasteiger partial charge on any atom is 0.0807 e. The Labute approximate surface area is 99.9 Å². The molecule has 1 fully saturated rings. The highest BCUT2D eigenvalue weighted by Gasteiger charge is 2.34. The molecular weight excluding hydrogens is 202 g/mol. The molecule has 0 bridgehead atoms. The van der Waals surface area contributed by atoms with Crippen molar-refractivity contribution in [2.45, 2.75) is 58.2 Å². The Bertz CT molecular complexity index is 177. The Morgan fingerprint density at radius 3 is 2.44 bits per heavy atom. The highest BCUT2D eigenvalue weighted by atomic mass is 16.5. The molecule has 0 spiro atoms. The molecule has 0 unspecified atom stereocenters. The topological polar surface area (TPSA) is 30.5 Å². The average Bonchev–Trinajstić information content (AvgIpc) is 2.71. The third-order valence-electron chi connectivity index (χ3n) is 3.15. The molecule has 1 N–H and O–H groups in total. The zero-order valence-corrected chi connectivity index (χ0v) is 11.1. The molecule has 0 aromatic carbocycles. The monoisotopic (exact) mass is 229 g/mol. The fraction of sp³-hybridized carbons (Fsp3) is 1.00. The van der Waals surface area contributed by atoms with Crippen molar-refractivity contribution in [2.75, 3.05) is 26.3 Å². The Balaban J connectivity index is 2.22. The van der Waals surface area contributed by atoms with Crippen molar-refractivity contribution >= 4 is 0 Å². The van der Waals surface area contributed by atoms with E-state index in [1.54, 1.807) is 0 Å². The lowest BCUT2D eigenvalue weighted by atomic mass is 10.0. The van der Waals surface area contributed by atoms with Crippen LogP contribution >= 0.6 is 0 Å². The van der Waals surface area contributed by atoms with Crippen LogP contribution in [0, 0.1) is 0 Å². The van der Waals surface area contributed by atoms with Crippen molar-refractivity contribution in [1.82, 2.24) is 5.32 Å². The smallest absolute Gasteiger partial charge is 0.0807 e. The van der Waals surface area contributed by atoms with Crippen LogP contribution in [-0.2, 0) is 9.47 Å². The molecule has 96 valence electrons. The molecule has 3 nitrogen and oxygen atoms in total. The predicted octanol–water partition coefficient (Wildman–Crippen LogP) is 2.35. The molecule has 3 heteroatoms. The molecule has 16 heavy (non-hydrogen) atoms. The van der Waals surface area contributed by atoms with E-state index < -0.39 is 0 Å². The number of likely N-dealkylation sites (N-methyl/N-ethyl adjacent to an activating group) is 1. The normalized spacial score (nSPS) is 19.5.